The molecule has 0 fully saturated rings. The number of rotatable bonds is 7. The molecule has 0 aliphatic heterocycles. The predicted molar refractivity (Wildman–Crippen MR) is 75.6 cm³/mol. The number of aliphatic hydroxyl groups is 2. The molecule has 0 aliphatic rings. The lowest BCUT2D eigenvalue weighted by atomic mass is 10.2. The van der Waals surface area contributed by atoms with Gasteiger partial charge in [-0.25, -0.2) is 9.59 Å². The number of carbonyl (C=O) groups is 4. The predicted octanol–water partition coefficient (Wildman–Crippen LogP) is -4.02. The van der Waals surface area contributed by atoms with Gasteiger partial charge in [-0.3, -0.25) is 20.4 Å². The van der Waals surface area contributed by atoms with E-state index in [-0.39, 0.29) is 0 Å². The van der Waals surface area contributed by atoms with Gasteiger partial charge in [0.05, 0.1) is 12.7 Å². The van der Waals surface area contributed by atoms with Crippen molar-refractivity contribution in [2.24, 2.45) is 5.73 Å². The van der Waals surface area contributed by atoms with Crippen molar-refractivity contribution in [3.8, 4) is 0 Å². The van der Waals surface area contributed by atoms with Gasteiger partial charge in [-0.1, -0.05) is 0 Å². The molecule has 12 heteroatoms. The van der Waals surface area contributed by atoms with Gasteiger partial charge >= 0.3 is 12.0 Å². The summed E-state index contributed by atoms with van der Waals surface area (Å²) in [5.41, 5.74) is 9.10. The fourth-order valence-corrected chi connectivity index (χ4v) is 1.24. The summed E-state index contributed by atoms with van der Waals surface area (Å²) in [5, 5.41) is 30.7. The van der Waals surface area contributed by atoms with Crippen molar-refractivity contribution < 1.29 is 34.5 Å². The van der Waals surface area contributed by atoms with Gasteiger partial charge < -0.3 is 31.7 Å². The average Bonchev–Trinajstić information content (AvgIpc) is 2.48. The molecule has 0 heterocycles. The van der Waals surface area contributed by atoms with Crippen molar-refractivity contribution in [2.45, 2.75) is 38.1 Å². The molecule has 23 heavy (non-hydrogen) atoms. The minimum absolute atomic E-state index is 0.617. The number of urea groups is 1. The third-order valence-corrected chi connectivity index (χ3v) is 2.62. The number of carbonyl (C=O) groups excluding carboxylic acids is 3. The molecule has 1 unspecified atom stereocenters. The highest BCUT2D eigenvalue weighted by Gasteiger charge is 2.26. The van der Waals surface area contributed by atoms with E-state index in [1.165, 1.54) is 13.8 Å². The zero-order chi connectivity index (χ0) is 18.2. The van der Waals surface area contributed by atoms with Crippen LogP contribution in [0.1, 0.15) is 13.8 Å². The molecule has 9 N–H and O–H groups in total. The van der Waals surface area contributed by atoms with Crippen molar-refractivity contribution in [1.29, 1.82) is 0 Å². The molecule has 0 bridgehead atoms. The summed E-state index contributed by atoms with van der Waals surface area (Å²) in [7, 11) is 0. The molecule has 132 valence electrons. The molecule has 4 atom stereocenters. The van der Waals surface area contributed by atoms with Crippen LogP contribution in [0.2, 0.25) is 0 Å². The number of carboxylic acid groups (broad SMARTS) is 1. The molecule has 12 nitrogen and oxygen atoms in total. The Labute approximate surface area is 131 Å². The number of aliphatic carboxylic acids is 1. The van der Waals surface area contributed by atoms with E-state index < -0.39 is 54.7 Å². The first kappa shape index (κ1) is 20.6. The monoisotopic (exact) mass is 335 g/mol. The van der Waals surface area contributed by atoms with Gasteiger partial charge in [0.1, 0.15) is 12.1 Å². The topological polar surface area (TPSA) is 203 Å². The highest BCUT2D eigenvalue weighted by Crippen LogP contribution is 1.93. The molecule has 0 saturated heterocycles. The van der Waals surface area contributed by atoms with E-state index in [0.717, 1.165) is 0 Å². The quantitative estimate of drug-likeness (QED) is 0.215. The fourth-order valence-electron chi connectivity index (χ4n) is 1.24. The Kier molecular flexibility index (Phi) is 8.54. The van der Waals surface area contributed by atoms with Crippen molar-refractivity contribution in [1.82, 2.24) is 21.5 Å². The Bertz CT molecular complexity index is 456. The number of amides is 4. The summed E-state index contributed by atoms with van der Waals surface area (Å²) >= 11 is 0. The molecule has 0 aliphatic carbocycles. The number of hydrogen-bond donors (Lipinski definition) is 8. The van der Waals surface area contributed by atoms with Crippen LogP contribution in [0, 0.1) is 0 Å². The number of aliphatic hydroxyl groups excluding tert-OH is 2. The minimum atomic E-state index is -1.55. The van der Waals surface area contributed by atoms with E-state index in [4.69, 9.17) is 15.9 Å². The summed E-state index contributed by atoms with van der Waals surface area (Å²) in [6.07, 6.45) is -1.35. The highest BCUT2D eigenvalue weighted by molar-refractivity contribution is 5.90. The zero-order valence-electron chi connectivity index (χ0n) is 12.6. The molecule has 0 aromatic carbocycles. The Morgan fingerprint density at radius 2 is 1.57 bits per heavy atom. The second kappa shape index (κ2) is 9.55. The second-order valence-electron chi connectivity index (χ2n) is 4.66. The summed E-state index contributed by atoms with van der Waals surface area (Å²) in [6.45, 7) is 1.83. The number of hydrogen-bond acceptors (Lipinski definition) is 7. The number of hydrazine groups is 1. The maximum Gasteiger partial charge on any atom is 0.328 e. The highest BCUT2D eigenvalue weighted by atomic mass is 16.4. The lowest BCUT2D eigenvalue weighted by Crippen LogP contribution is -2.58. The first-order valence-corrected chi connectivity index (χ1v) is 6.54. The van der Waals surface area contributed by atoms with Crippen LogP contribution in [0.3, 0.4) is 0 Å². The molecule has 0 aromatic rings. The van der Waals surface area contributed by atoms with Crippen molar-refractivity contribution in [3.63, 3.8) is 0 Å². The van der Waals surface area contributed by atoms with Crippen molar-refractivity contribution in [3.05, 3.63) is 0 Å². The third-order valence-electron chi connectivity index (χ3n) is 2.62. The Balaban J connectivity index is 4.38. The van der Waals surface area contributed by atoms with Gasteiger partial charge in [-0.2, -0.15) is 0 Å². The molecular formula is C11H21N5O7. The molecule has 0 saturated carbocycles. The minimum Gasteiger partial charge on any atom is -0.480 e. The van der Waals surface area contributed by atoms with E-state index in [9.17, 15) is 24.3 Å². The Morgan fingerprint density at radius 3 is 2.00 bits per heavy atom. The summed E-state index contributed by atoms with van der Waals surface area (Å²) in [6, 6.07) is -4.90. The van der Waals surface area contributed by atoms with Crippen LogP contribution in [-0.2, 0) is 14.4 Å². The third kappa shape index (κ3) is 7.39. The van der Waals surface area contributed by atoms with Crippen LogP contribution in [0.15, 0.2) is 0 Å². The van der Waals surface area contributed by atoms with Gasteiger partial charge in [0.25, 0.3) is 11.8 Å². The summed E-state index contributed by atoms with van der Waals surface area (Å²) in [4.78, 5) is 45.2. The molecule has 0 radical (unpaired) electrons. The number of nitrogens with two attached hydrogens (primary N) is 1. The zero-order valence-corrected chi connectivity index (χ0v) is 12.6. The van der Waals surface area contributed by atoms with Crippen LogP contribution >= 0.6 is 0 Å². The molecular weight excluding hydrogens is 314 g/mol. The summed E-state index contributed by atoms with van der Waals surface area (Å²) < 4.78 is 0. The van der Waals surface area contributed by atoms with Crippen LogP contribution in [0.4, 0.5) is 4.79 Å². The molecule has 0 aromatic heterocycles. The van der Waals surface area contributed by atoms with Gasteiger partial charge in [0.2, 0.25) is 0 Å². The Morgan fingerprint density at radius 1 is 1.04 bits per heavy atom. The van der Waals surface area contributed by atoms with Gasteiger partial charge in [0.15, 0.2) is 6.04 Å². The Hall–Kier alpha value is -2.44. The largest absolute Gasteiger partial charge is 0.480 e. The van der Waals surface area contributed by atoms with E-state index in [1.54, 1.807) is 0 Å². The number of carboxylic acids is 1. The second-order valence-corrected chi connectivity index (χ2v) is 4.66. The van der Waals surface area contributed by atoms with E-state index in [2.05, 4.69) is 5.32 Å². The first-order chi connectivity index (χ1) is 10.6. The van der Waals surface area contributed by atoms with E-state index in [1.807, 2.05) is 16.2 Å². The molecule has 0 rings (SSSR count). The van der Waals surface area contributed by atoms with Gasteiger partial charge in [-0.15, -0.1) is 0 Å². The molecule has 4 amide bonds. The first-order valence-electron chi connectivity index (χ1n) is 6.54. The van der Waals surface area contributed by atoms with Gasteiger partial charge in [-0.05, 0) is 13.8 Å². The molecule has 0 spiro atoms. The van der Waals surface area contributed by atoms with Crippen molar-refractivity contribution in [2.75, 3.05) is 6.61 Å². The maximum atomic E-state index is 11.6. The van der Waals surface area contributed by atoms with Crippen LogP contribution < -0.4 is 27.2 Å². The SMILES string of the molecule is CC(O)[C@H](NC(=O)N[C@@H](C)C(=O)NNC(=O)[C@@H](N)CO)C(=O)O. The normalized spacial score (nSPS) is 15.5. The lowest BCUT2D eigenvalue weighted by Gasteiger charge is -2.20. The van der Waals surface area contributed by atoms with Gasteiger partial charge in [0, 0.05) is 0 Å². The van der Waals surface area contributed by atoms with Crippen LogP contribution in [0.5, 0.6) is 0 Å². The number of nitrogens with one attached hydrogen (secondary N) is 4. The smallest absolute Gasteiger partial charge is 0.328 e. The standard InChI is InChI=1S/C11H21N5O7/c1-4(8(19)15-16-9(20)6(12)3-17)13-11(23)14-7(5(2)18)10(21)22/h4-7,17-18H,3,12H2,1-2H3,(H,15,19)(H,16,20)(H,21,22)(H2,13,14,23)/t4-,5?,6-,7-/m0/s1. The average molecular weight is 335 g/mol. The summed E-state index contributed by atoms with van der Waals surface area (Å²) in [5.74, 6) is -3.10. The van der Waals surface area contributed by atoms with E-state index >= 15 is 0 Å². The van der Waals surface area contributed by atoms with Crippen LogP contribution in [0.25, 0.3) is 0 Å². The van der Waals surface area contributed by atoms with E-state index in [0.29, 0.717) is 0 Å². The van der Waals surface area contributed by atoms with Crippen LogP contribution in [-0.4, -0.2) is 70.0 Å². The fraction of sp³-hybridized carbons (Fsp3) is 0.636. The maximum absolute atomic E-state index is 11.6. The lowest BCUT2D eigenvalue weighted by molar-refractivity contribution is -0.141. The van der Waals surface area contributed by atoms with Crippen molar-refractivity contribution >= 4 is 23.8 Å².